The van der Waals surface area contributed by atoms with E-state index in [1.165, 1.54) is 6.20 Å². The van der Waals surface area contributed by atoms with Crippen molar-refractivity contribution < 1.29 is 14.3 Å². The van der Waals surface area contributed by atoms with E-state index in [0.717, 1.165) is 5.69 Å². The Morgan fingerprint density at radius 1 is 1.53 bits per heavy atom. The first kappa shape index (κ1) is 12.8. The lowest BCUT2D eigenvalue weighted by Gasteiger charge is -2.07. The third-order valence-corrected chi connectivity index (χ3v) is 1.95. The number of nitrogens with two attached hydrogens (primary N) is 2. The SMILES string of the molecule is Cc1cc(N)c(C(=O)NCCOC(N)=O)cn1. The number of ether oxygens (including phenoxy) is 1. The normalized spacial score (nSPS) is 9.71. The molecule has 0 saturated heterocycles. The quantitative estimate of drug-likeness (QED) is 0.627. The summed E-state index contributed by atoms with van der Waals surface area (Å²) in [5.41, 5.74) is 11.8. The molecule has 0 aliphatic heterocycles. The number of primary amides is 1. The largest absolute Gasteiger partial charge is 0.448 e. The van der Waals surface area contributed by atoms with Gasteiger partial charge in [0.1, 0.15) is 6.61 Å². The first-order chi connectivity index (χ1) is 8.00. The van der Waals surface area contributed by atoms with E-state index in [1.807, 2.05) is 0 Å². The first-order valence-corrected chi connectivity index (χ1v) is 4.93. The summed E-state index contributed by atoms with van der Waals surface area (Å²) in [6.45, 7) is 1.95. The Bertz CT molecular complexity index is 434. The minimum Gasteiger partial charge on any atom is -0.448 e. The Hall–Kier alpha value is -2.31. The number of amides is 2. The monoisotopic (exact) mass is 238 g/mol. The molecule has 0 radical (unpaired) electrons. The van der Waals surface area contributed by atoms with Crippen LogP contribution in [0.25, 0.3) is 0 Å². The molecule has 0 fully saturated rings. The van der Waals surface area contributed by atoms with E-state index in [-0.39, 0.29) is 24.6 Å². The van der Waals surface area contributed by atoms with Crippen LogP contribution in [0, 0.1) is 6.92 Å². The molecule has 0 aliphatic carbocycles. The molecule has 1 aromatic heterocycles. The van der Waals surface area contributed by atoms with Gasteiger partial charge in [0.2, 0.25) is 0 Å². The molecule has 0 unspecified atom stereocenters. The van der Waals surface area contributed by atoms with Crippen molar-refractivity contribution in [3.05, 3.63) is 23.5 Å². The average molecular weight is 238 g/mol. The van der Waals surface area contributed by atoms with Crippen LogP contribution in [-0.2, 0) is 4.74 Å². The molecular weight excluding hydrogens is 224 g/mol. The van der Waals surface area contributed by atoms with Crippen LogP contribution in [0.2, 0.25) is 0 Å². The maximum absolute atomic E-state index is 11.6. The number of carbonyl (C=O) groups is 2. The standard InChI is InChI=1S/C10H14N4O3/c1-6-4-8(11)7(5-14-6)9(15)13-2-3-17-10(12)16/h4-5H,2-3H2,1H3,(H2,11,14)(H2,12,16)(H,13,15). The smallest absolute Gasteiger partial charge is 0.404 e. The Balaban J connectivity index is 2.50. The average Bonchev–Trinajstić information content (AvgIpc) is 2.23. The number of anilines is 1. The first-order valence-electron chi connectivity index (χ1n) is 4.93. The molecule has 0 spiro atoms. The minimum atomic E-state index is -0.879. The highest BCUT2D eigenvalue weighted by Crippen LogP contribution is 2.10. The summed E-state index contributed by atoms with van der Waals surface area (Å²) in [5.74, 6) is -0.372. The zero-order valence-electron chi connectivity index (χ0n) is 9.40. The molecule has 0 aliphatic rings. The van der Waals surface area contributed by atoms with Crippen molar-refractivity contribution >= 4 is 17.7 Å². The van der Waals surface area contributed by atoms with E-state index in [1.54, 1.807) is 13.0 Å². The number of hydrogen-bond donors (Lipinski definition) is 3. The molecule has 0 bridgehead atoms. The zero-order valence-corrected chi connectivity index (χ0v) is 9.40. The van der Waals surface area contributed by atoms with Gasteiger partial charge in [-0.2, -0.15) is 0 Å². The topological polar surface area (TPSA) is 120 Å². The predicted molar refractivity (Wildman–Crippen MR) is 61.3 cm³/mol. The second-order valence-electron chi connectivity index (χ2n) is 3.34. The van der Waals surface area contributed by atoms with Gasteiger partial charge in [-0.3, -0.25) is 9.78 Å². The molecule has 1 aromatic rings. The van der Waals surface area contributed by atoms with Crippen LogP contribution in [0.4, 0.5) is 10.5 Å². The summed E-state index contributed by atoms with van der Waals surface area (Å²) in [7, 11) is 0. The molecule has 7 nitrogen and oxygen atoms in total. The van der Waals surface area contributed by atoms with Gasteiger partial charge in [-0.05, 0) is 13.0 Å². The minimum absolute atomic E-state index is 0.0142. The molecule has 1 rings (SSSR count). The summed E-state index contributed by atoms with van der Waals surface area (Å²) in [6.07, 6.45) is 0.519. The summed E-state index contributed by atoms with van der Waals surface area (Å²) in [6, 6.07) is 1.61. The van der Waals surface area contributed by atoms with Crippen molar-refractivity contribution in [3.63, 3.8) is 0 Å². The maximum atomic E-state index is 11.6. The highest BCUT2D eigenvalue weighted by molar-refractivity contribution is 5.98. The Kier molecular flexibility index (Phi) is 4.27. The van der Waals surface area contributed by atoms with Crippen LogP contribution < -0.4 is 16.8 Å². The van der Waals surface area contributed by atoms with Gasteiger partial charge in [0, 0.05) is 17.6 Å². The molecule has 7 heteroatoms. The molecule has 0 atom stereocenters. The van der Waals surface area contributed by atoms with Gasteiger partial charge < -0.3 is 21.5 Å². The molecule has 17 heavy (non-hydrogen) atoms. The van der Waals surface area contributed by atoms with Gasteiger partial charge >= 0.3 is 6.09 Å². The Morgan fingerprint density at radius 3 is 2.82 bits per heavy atom. The fourth-order valence-electron chi connectivity index (χ4n) is 1.18. The van der Waals surface area contributed by atoms with Gasteiger partial charge in [0.15, 0.2) is 0 Å². The molecular formula is C10H14N4O3. The number of hydrogen-bond acceptors (Lipinski definition) is 5. The third-order valence-electron chi connectivity index (χ3n) is 1.95. The van der Waals surface area contributed by atoms with E-state index in [0.29, 0.717) is 5.69 Å². The second-order valence-corrected chi connectivity index (χ2v) is 3.34. The lowest BCUT2D eigenvalue weighted by Crippen LogP contribution is -2.29. The van der Waals surface area contributed by atoms with Crippen LogP contribution in [0.1, 0.15) is 16.1 Å². The number of pyridine rings is 1. The summed E-state index contributed by atoms with van der Waals surface area (Å²) in [5, 5.41) is 2.52. The van der Waals surface area contributed by atoms with E-state index in [4.69, 9.17) is 11.5 Å². The maximum Gasteiger partial charge on any atom is 0.404 e. The number of aryl methyl sites for hydroxylation is 1. The number of nitrogens with one attached hydrogen (secondary N) is 1. The van der Waals surface area contributed by atoms with Crippen LogP contribution in [-0.4, -0.2) is 30.1 Å². The fourth-order valence-corrected chi connectivity index (χ4v) is 1.18. The van der Waals surface area contributed by atoms with E-state index < -0.39 is 6.09 Å². The van der Waals surface area contributed by atoms with Crippen molar-refractivity contribution in [1.29, 1.82) is 0 Å². The number of nitrogen functional groups attached to an aromatic ring is 1. The van der Waals surface area contributed by atoms with Gasteiger partial charge in [-0.25, -0.2) is 4.79 Å². The highest BCUT2D eigenvalue weighted by atomic mass is 16.5. The van der Waals surface area contributed by atoms with E-state index in [2.05, 4.69) is 15.0 Å². The van der Waals surface area contributed by atoms with Crippen LogP contribution in [0.5, 0.6) is 0 Å². The molecule has 0 saturated carbocycles. The number of carbonyl (C=O) groups excluding carboxylic acids is 2. The number of rotatable bonds is 4. The lowest BCUT2D eigenvalue weighted by molar-refractivity contribution is 0.0937. The summed E-state index contributed by atoms with van der Waals surface area (Å²) < 4.78 is 4.45. The van der Waals surface area contributed by atoms with E-state index >= 15 is 0 Å². The van der Waals surface area contributed by atoms with Crippen molar-refractivity contribution in [2.45, 2.75) is 6.92 Å². The predicted octanol–water partition coefficient (Wildman–Crippen LogP) is -0.203. The Labute approximate surface area is 98.1 Å². The third kappa shape index (κ3) is 3.98. The van der Waals surface area contributed by atoms with Crippen LogP contribution in [0.3, 0.4) is 0 Å². The van der Waals surface area contributed by atoms with Gasteiger partial charge in [-0.15, -0.1) is 0 Å². The summed E-state index contributed by atoms with van der Waals surface area (Å²) in [4.78, 5) is 25.9. The number of nitrogens with zero attached hydrogens (tertiary/aromatic N) is 1. The Morgan fingerprint density at radius 2 is 2.24 bits per heavy atom. The van der Waals surface area contributed by atoms with Crippen molar-refractivity contribution in [3.8, 4) is 0 Å². The lowest BCUT2D eigenvalue weighted by atomic mass is 10.2. The molecule has 5 N–H and O–H groups in total. The molecule has 0 aromatic carbocycles. The van der Waals surface area contributed by atoms with Crippen LogP contribution >= 0.6 is 0 Å². The van der Waals surface area contributed by atoms with Gasteiger partial charge in [0.05, 0.1) is 12.1 Å². The van der Waals surface area contributed by atoms with E-state index in [9.17, 15) is 9.59 Å². The summed E-state index contributed by atoms with van der Waals surface area (Å²) >= 11 is 0. The molecule has 2 amide bonds. The second kappa shape index (κ2) is 5.69. The van der Waals surface area contributed by atoms with Crippen molar-refractivity contribution in [1.82, 2.24) is 10.3 Å². The fraction of sp³-hybridized carbons (Fsp3) is 0.300. The van der Waals surface area contributed by atoms with Gasteiger partial charge in [-0.1, -0.05) is 0 Å². The van der Waals surface area contributed by atoms with Crippen molar-refractivity contribution in [2.24, 2.45) is 5.73 Å². The molecule has 1 heterocycles. The van der Waals surface area contributed by atoms with Crippen LogP contribution in [0.15, 0.2) is 12.3 Å². The number of aromatic nitrogens is 1. The van der Waals surface area contributed by atoms with Crippen molar-refractivity contribution in [2.75, 3.05) is 18.9 Å². The highest BCUT2D eigenvalue weighted by Gasteiger charge is 2.09. The zero-order chi connectivity index (χ0) is 12.8. The molecule has 92 valence electrons. The van der Waals surface area contributed by atoms with Gasteiger partial charge in [0.25, 0.3) is 5.91 Å².